The largest absolute Gasteiger partial charge is 0.436 e. The molecule has 0 fully saturated rings. The second kappa shape index (κ2) is 7.18. The van der Waals surface area contributed by atoms with Crippen LogP contribution < -0.4 is 5.32 Å². The van der Waals surface area contributed by atoms with Crippen LogP contribution in [0.1, 0.15) is 10.4 Å². The maximum Gasteiger partial charge on any atom is 0.256 e. The highest BCUT2D eigenvalue weighted by atomic mass is 79.9. The van der Waals surface area contributed by atoms with Gasteiger partial charge in [0.25, 0.3) is 5.91 Å². The van der Waals surface area contributed by atoms with Gasteiger partial charge in [0.2, 0.25) is 5.89 Å². The topological polar surface area (TPSA) is 55.1 Å². The van der Waals surface area contributed by atoms with Crippen LogP contribution in [-0.4, -0.2) is 10.9 Å². The zero-order valence-corrected chi connectivity index (χ0v) is 16.8. The number of rotatable bonds is 3. The minimum atomic E-state index is -0.182. The van der Waals surface area contributed by atoms with Gasteiger partial charge < -0.3 is 9.73 Å². The minimum Gasteiger partial charge on any atom is -0.436 e. The molecular formula is C24H15BrN2O2. The third-order valence-corrected chi connectivity index (χ3v) is 5.46. The Hall–Kier alpha value is -3.44. The lowest BCUT2D eigenvalue weighted by atomic mass is 10.1. The smallest absolute Gasteiger partial charge is 0.256 e. The summed E-state index contributed by atoms with van der Waals surface area (Å²) in [7, 11) is 0. The van der Waals surface area contributed by atoms with Gasteiger partial charge in [-0.05, 0) is 57.7 Å². The molecule has 0 saturated heterocycles. The van der Waals surface area contributed by atoms with Gasteiger partial charge >= 0.3 is 0 Å². The molecule has 4 aromatic carbocycles. The Bertz CT molecular complexity index is 1370. The van der Waals surface area contributed by atoms with Gasteiger partial charge in [-0.3, -0.25) is 4.79 Å². The van der Waals surface area contributed by atoms with E-state index in [0.29, 0.717) is 17.1 Å². The summed E-state index contributed by atoms with van der Waals surface area (Å²) in [5.74, 6) is 0.339. The van der Waals surface area contributed by atoms with E-state index in [1.54, 1.807) is 6.07 Å². The standard InChI is InChI=1S/C24H15BrN2O2/c25-20-11-4-3-10-19(20)23(28)26-17-8-5-7-16(14-17)24-27-22-18-9-2-1-6-15(18)12-13-21(22)29-24/h1-14H,(H,26,28). The SMILES string of the molecule is O=C(Nc1cccc(-c2nc3c(ccc4ccccc43)o2)c1)c1ccccc1Br. The molecule has 29 heavy (non-hydrogen) atoms. The molecule has 0 aliphatic carbocycles. The van der Waals surface area contributed by atoms with Gasteiger partial charge in [-0.25, -0.2) is 4.98 Å². The van der Waals surface area contributed by atoms with Crippen LogP contribution in [0.3, 0.4) is 0 Å². The first kappa shape index (κ1) is 17.6. The molecule has 0 aliphatic heterocycles. The number of carbonyl (C=O) groups excluding carboxylic acids is 1. The average molecular weight is 443 g/mol. The van der Waals surface area contributed by atoms with Crippen molar-refractivity contribution >= 4 is 49.4 Å². The molecular weight excluding hydrogens is 428 g/mol. The molecule has 0 saturated carbocycles. The molecule has 0 aliphatic rings. The fraction of sp³-hybridized carbons (Fsp3) is 0. The van der Waals surface area contributed by atoms with Crippen molar-refractivity contribution in [2.75, 3.05) is 5.32 Å². The van der Waals surface area contributed by atoms with E-state index in [2.05, 4.69) is 27.3 Å². The van der Waals surface area contributed by atoms with Crippen molar-refractivity contribution in [3.63, 3.8) is 0 Å². The quantitative estimate of drug-likeness (QED) is 0.339. The summed E-state index contributed by atoms with van der Waals surface area (Å²) < 4.78 is 6.74. The summed E-state index contributed by atoms with van der Waals surface area (Å²) in [5, 5.41) is 5.11. The number of fused-ring (bicyclic) bond motifs is 3. The molecule has 0 unspecified atom stereocenters. The monoisotopic (exact) mass is 442 g/mol. The highest BCUT2D eigenvalue weighted by Gasteiger charge is 2.13. The van der Waals surface area contributed by atoms with Crippen LogP contribution >= 0.6 is 15.9 Å². The van der Waals surface area contributed by atoms with Crippen molar-refractivity contribution in [1.29, 1.82) is 0 Å². The van der Waals surface area contributed by atoms with E-state index in [0.717, 1.165) is 31.9 Å². The number of anilines is 1. The van der Waals surface area contributed by atoms with E-state index in [4.69, 9.17) is 9.40 Å². The summed E-state index contributed by atoms with van der Waals surface area (Å²) in [6.45, 7) is 0. The van der Waals surface area contributed by atoms with Gasteiger partial charge in [-0.2, -0.15) is 0 Å². The molecule has 0 spiro atoms. The Kier molecular flexibility index (Phi) is 4.37. The van der Waals surface area contributed by atoms with Crippen molar-refractivity contribution in [2.45, 2.75) is 0 Å². The van der Waals surface area contributed by atoms with Crippen LogP contribution in [0.25, 0.3) is 33.3 Å². The maximum absolute atomic E-state index is 12.6. The molecule has 1 heterocycles. The van der Waals surface area contributed by atoms with Crippen molar-refractivity contribution < 1.29 is 9.21 Å². The third kappa shape index (κ3) is 3.30. The van der Waals surface area contributed by atoms with Gasteiger partial charge in [0.15, 0.2) is 5.58 Å². The second-order valence-electron chi connectivity index (χ2n) is 6.67. The Morgan fingerprint density at radius 1 is 0.897 bits per heavy atom. The molecule has 140 valence electrons. The highest BCUT2D eigenvalue weighted by molar-refractivity contribution is 9.10. The first-order chi connectivity index (χ1) is 14.2. The normalized spacial score (nSPS) is 11.1. The lowest BCUT2D eigenvalue weighted by Crippen LogP contribution is -2.12. The molecule has 5 aromatic rings. The zero-order chi connectivity index (χ0) is 19.8. The first-order valence-corrected chi connectivity index (χ1v) is 9.93. The number of aromatic nitrogens is 1. The number of nitrogens with zero attached hydrogens (tertiary/aromatic N) is 1. The molecule has 1 aromatic heterocycles. The zero-order valence-electron chi connectivity index (χ0n) is 15.2. The van der Waals surface area contributed by atoms with Crippen molar-refractivity contribution in [2.24, 2.45) is 0 Å². The van der Waals surface area contributed by atoms with Crippen molar-refractivity contribution in [3.05, 3.63) is 95.0 Å². The second-order valence-corrected chi connectivity index (χ2v) is 7.52. The van der Waals surface area contributed by atoms with E-state index in [1.165, 1.54) is 0 Å². The van der Waals surface area contributed by atoms with Gasteiger partial charge in [0.05, 0.1) is 5.56 Å². The number of carbonyl (C=O) groups is 1. The van der Waals surface area contributed by atoms with Gasteiger partial charge in [0.1, 0.15) is 5.52 Å². The number of benzene rings is 4. The van der Waals surface area contributed by atoms with Gasteiger partial charge in [-0.1, -0.05) is 48.5 Å². The lowest BCUT2D eigenvalue weighted by molar-refractivity contribution is 0.102. The summed E-state index contributed by atoms with van der Waals surface area (Å²) in [5.41, 5.74) is 3.62. The van der Waals surface area contributed by atoms with Gasteiger partial charge in [-0.15, -0.1) is 0 Å². The molecule has 0 radical (unpaired) electrons. The van der Waals surface area contributed by atoms with Crippen molar-refractivity contribution in [1.82, 2.24) is 4.98 Å². The first-order valence-electron chi connectivity index (χ1n) is 9.14. The van der Waals surface area contributed by atoms with Crippen LogP contribution in [0, 0.1) is 0 Å². The predicted octanol–water partition coefficient (Wildman–Crippen LogP) is 6.66. The molecule has 1 amide bonds. The fourth-order valence-corrected chi connectivity index (χ4v) is 3.82. The Balaban J connectivity index is 1.50. The molecule has 1 N–H and O–H groups in total. The summed E-state index contributed by atoms with van der Waals surface area (Å²) in [4.78, 5) is 17.3. The Morgan fingerprint density at radius 2 is 1.72 bits per heavy atom. The highest BCUT2D eigenvalue weighted by Crippen LogP contribution is 2.30. The molecule has 0 bridgehead atoms. The van der Waals surface area contributed by atoms with Crippen LogP contribution in [0.15, 0.2) is 93.8 Å². The van der Waals surface area contributed by atoms with E-state index in [-0.39, 0.29) is 5.91 Å². The Morgan fingerprint density at radius 3 is 2.62 bits per heavy atom. The third-order valence-electron chi connectivity index (χ3n) is 4.77. The van der Waals surface area contributed by atoms with Crippen molar-refractivity contribution in [3.8, 4) is 11.5 Å². The summed E-state index contributed by atoms with van der Waals surface area (Å²) in [6, 6.07) is 26.9. The predicted molar refractivity (Wildman–Crippen MR) is 119 cm³/mol. The minimum absolute atomic E-state index is 0.182. The maximum atomic E-state index is 12.6. The van der Waals surface area contributed by atoms with Crippen LogP contribution in [0.5, 0.6) is 0 Å². The van der Waals surface area contributed by atoms with E-state index >= 15 is 0 Å². The molecule has 0 atom stereocenters. The van der Waals surface area contributed by atoms with Crippen LogP contribution in [0.4, 0.5) is 5.69 Å². The summed E-state index contributed by atoms with van der Waals surface area (Å²) in [6.07, 6.45) is 0. The lowest BCUT2D eigenvalue weighted by Gasteiger charge is -2.07. The fourth-order valence-electron chi connectivity index (χ4n) is 3.36. The molecule has 4 nitrogen and oxygen atoms in total. The van der Waals surface area contributed by atoms with Crippen LogP contribution in [-0.2, 0) is 0 Å². The number of halogens is 1. The summed E-state index contributed by atoms with van der Waals surface area (Å²) >= 11 is 3.41. The van der Waals surface area contributed by atoms with Gasteiger partial charge in [0, 0.05) is 21.1 Å². The van der Waals surface area contributed by atoms with E-state index in [1.807, 2.05) is 72.8 Å². The number of oxazole rings is 1. The number of amides is 1. The molecule has 5 rings (SSSR count). The molecule has 5 heteroatoms. The average Bonchev–Trinajstić information content (AvgIpc) is 3.19. The van der Waals surface area contributed by atoms with E-state index < -0.39 is 0 Å². The number of hydrogen-bond donors (Lipinski definition) is 1. The van der Waals surface area contributed by atoms with E-state index in [9.17, 15) is 4.79 Å². The Labute approximate surface area is 175 Å². The van der Waals surface area contributed by atoms with Crippen LogP contribution in [0.2, 0.25) is 0 Å². The number of hydrogen-bond acceptors (Lipinski definition) is 3. The number of nitrogens with one attached hydrogen (secondary N) is 1.